The summed E-state index contributed by atoms with van der Waals surface area (Å²) in [5.74, 6) is 0.619. The molecule has 4 nitrogen and oxygen atoms in total. The van der Waals surface area contributed by atoms with Gasteiger partial charge in [-0.3, -0.25) is 0 Å². The Morgan fingerprint density at radius 1 is 1.15 bits per heavy atom. The highest BCUT2D eigenvalue weighted by Crippen LogP contribution is 2.28. The molecule has 0 amide bonds. The van der Waals surface area contributed by atoms with Gasteiger partial charge in [0, 0.05) is 18.8 Å². The zero-order valence-electron chi connectivity index (χ0n) is 15.5. The normalized spacial score (nSPS) is 17.4. The number of fused-ring (bicyclic) bond motifs is 1. The fraction of sp³-hybridized carbons (Fsp3) is 0.455. The van der Waals surface area contributed by atoms with Crippen molar-refractivity contribution < 1.29 is 9.13 Å². The maximum atomic E-state index is 13.0. The molecule has 0 atom stereocenters. The Labute approximate surface area is 159 Å². The van der Waals surface area contributed by atoms with E-state index in [0.29, 0.717) is 12.2 Å². The summed E-state index contributed by atoms with van der Waals surface area (Å²) in [4.78, 5) is 7.09. The summed E-state index contributed by atoms with van der Waals surface area (Å²) in [6.45, 7) is 2.19. The van der Waals surface area contributed by atoms with E-state index in [-0.39, 0.29) is 11.9 Å². The molecule has 1 aromatic carbocycles. The van der Waals surface area contributed by atoms with Crippen LogP contribution in [-0.2, 0) is 24.2 Å². The number of benzene rings is 1. The van der Waals surface area contributed by atoms with Crippen LogP contribution in [0.25, 0.3) is 0 Å². The Balaban J connectivity index is 1.37. The highest BCUT2D eigenvalue weighted by atomic mass is 19.1. The summed E-state index contributed by atoms with van der Waals surface area (Å²) < 4.78 is 19.0. The van der Waals surface area contributed by atoms with E-state index >= 15 is 0 Å². The van der Waals surface area contributed by atoms with E-state index in [1.165, 1.54) is 36.2 Å². The molecule has 5 heteroatoms. The minimum Gasteiger partial charge on any atom is -0.373 e. The quantitative estimate of drug-likeness (QED) is 0.816. The number of pyridine rings is 1. The number of ether oxygens (including phenoxy) is 1. The third kappa shape index (κ3) is 4.12. The molecule has 2 aromatic rings. The number of anilines is 1. The lowest BCUT2D eigenvalue weighted by molar-refractivity contribution is 0.0250. The molecule has 1 aliphatic carbocycles. The first kappa shape index (κ1) is 17.9. The van der Waals surface area contributed by atoms with Crippen LogP contribution >= 0.6 is 0 Å². The molecule has 0 radical (unpaired) electrons. The van der Waals surface area contributed by atoms with Gasteiger partial charge in [-0.05, 0) is 67.9 Å². The molecule has 0 bridgehead atoms. The number of nitriles is 1. The minimum atomic E-state index is -0.224. The van der Waals surface area contributed by atoms with E-state index in [1.807, 2.05) is 6.07 Å². The topological polar surface area (TPSA) is 49.2 Å². The molecular formula is C22H24FN3O. The number of halogens is 1. The summed E-state index contributed by atoms with van der Waals surface area (Å²) in [5, 5.41) is 9.56. The van der Waals surface area contributed by atoms with Crippen molar-refractivity contribution in [2.45, 2.75) is 51.2 Å². The molecule has 1 saturated heterocycles. The first-order chi connectivity index (χ1) is 13.2. The third-order valence-corrected chi connectivity index (χ3v) is 5.54. The molecule has 0 unspecified atom stereocenters. The van der Waals surface area contributed by atoms with Crippen LogP contribution in [0.3, 0.4) is 0 Å². The average molecular weight is 365 g/mol. The molecule has 1 aromatic heterocycles. The maximum absolute atomic E-state index is 13.0. The average Bonchev–Trinajstić information content (AvgIpc) is 2.73. The summed E-state index contributed by atoms with van der Waals surface area (Å²) in [5.41, 5.74) is 4.10. The molecule has 4 rings (SSSR count). The SMILES string of the molecule is N#Cc1cc2c(nc1N1CCC(OCc3ccc(F)cc3)CC1)CCCC2. The molecule has 1 aliphatic heterocycles. The minimum absolute atomic E-state index is 0.189. The standard InChI is InChI=1S/C22H24FN3O/c23-19-7-5-16(6-8-19)15-27-20-9-11-26(12-10-20)22-18(14-24)13-17-3-1-2-4-21(17)25-22/h5-8,13,20H,1-4,9-12,15H2. The highest BCUT2D eigenvalue weighted by Gasteiger charge is 2.24. The van der Waals surface area contributed by atoms with E-state index in [0.717, 1.165) is 50.2 Å². The second kappa shape index (κ2) is 8.06. The molecule has 0 N–H and O–H groups in total. The lowest BCUT2D eigenvalue weighted by Crippen LogP contribution is -2.38. The van der Waals surface area contributed by atoms with Gasteiger partial charge in [-0.1, -0.05) is 12.1 Å². The smallest absolute Gasteiger partial charge is 0.146 e. The fourth-order valence-electron chi connectivity index (χ4n) is 3.98. The molecule has 140 valence electrons. The van der Waals surface area contributed by atoms with E-state index < -0.39 is 0 Å². The predicted octanol–water partition coefficient (Wildman–Crippen LogP) is 4.16. The van der Waals surface area contributed by atoms with Gasteiger partial charge in [0.05, 0.1) is 18.3 Å². The van der Waals surface area contributed by atoms with Crippen molar-refractivity contribution in [2.24, 2.45) is 0 Å². The van der Waals surface area contributed by atoms with Crippen LogP contribution in [0.5, 0.6) is 0 Å². The summed E-state index contributed by atoms with van der Waals surface area (Å²) >= 11 is 0. The van der Waals surface area contributed by atoms with Crippen molar-refractivity contribution in [3.63, 3.8) is 0 Å². The van der Waals surface area contributed by atoms with Crippen LogP contribution in [0.1, 0.15) is 48.1 Å². The molecular weight excluding hydrogens is 341 g/mol. The Morgan fingerprint density at radius 2 is 1.89 bits per heavy atom. The number of nitrogens with zero attached hydrogens (tertiary/aromatic N) is 3. The molecule has 27 heavy (non-hydrogen) atoms. The summed E-state index contributed by atoms with van der Waals surface area (Å²) in [7, 11) is 0. The third-order valence-electron chi connectivity index (χ3n) is 5.54. The van der Waals surface area contributed by atoms with Gasteiger partial charge in [0.2, 0.25) is 0 Å². The predicted molar refractivity (Wildman–Crippen MR) is 102 cm³/mol. The van der Waals surface area contributed by atoms with Crippen LogP contribution in [-0.4, -0.2) is 24.2 Å². The molecule has 2 heterocycles. The van der Waals surface area contributed by atoms with E-state index in [9.17, 15) is 9.65 Å². The highest BCUT2D eigenvalue weighted by molar-refractivity contribution is 5.56. The van der Waals surface area contributed by atoms with Crippen LogP contribution in [0.2, 0.25) is 0 Å². The lowest BCUT2D eigenvalue weighted by Gasteiger charge is -2.34. The van der Waals surface area contributed by atoms with E-state index in [4.69, 9.17) is 9.72 Å². The number of rotatable bonds is 4. The van der Waals surface area contributed by atoms with Crippen LogP contribution in [0.4, 0.5) is 10.2 Å². The van der Waals surface area contributed by atoms with Gasteiger partial charge >= 0.3 is 0 Å². The number of aryl methyl sites for hydroxylation is 2. The fourth-order valence-corrected chi connectivity index (χ4v) is 3.98. The van der Waals surface area contributed by atoms with Gasteiger partial charge in [-0.2, -0.15) is 5.26 Å². The monoisotopic (exact) mass is 365 g/mol. The molecule has 2 aliphatic rings. The van der Waals surface area contributed by atoms with Gasteiger partial charge < -0.3 is 9.64 Å². The zero-order chi connectivity index (χ0) is 18.6. The van der Waals surface area contributed by atoms with Crippen molar-refractivity contribution >= 4 is 5.82 Å². The second-order valence-electron chi connectivity index (χ2n) is 7.41. The van der Waals surface area contributed by atoms with Crippen molar-refractivity contribution in [1.29, 1.82) is 5.26 Å². The van der Waals surface area contributed by atoms with Crippen LogP contribution in [0.15, 0.2) is 30.3 Å². The first-order valence-corrected chi connectivity index (χ1v) is 9.77. The maximum Gasteiger partial charge on any atom is 0.146 e. The van der Waals surface area contributed by atoms with Gasteiger partial charge in [-0.15, -0.1) is 0 Å². The number of hydrogen-bond acceptors (Lipinski definition) is 4. The van der Waals surface area contributed by atoms with E-state index in [2.05, 4.69) is 11.0 Å². The van der Waals surface area contributed by atoms with Gasteiger partial charge in [0.15, 0.2) is 0 Å². The Kier molecular flexibility index (Phi) is 5.35. The van der Waals surface area contributed by atoms with Crippen LogP contribution < -0.4 is 4.90 Å². The number of hydrogen-bond donors (Lipinski definition) is 0. The van der Waals surface area contributed by atoms with Crippen molar-refractivity contribution in [1.82, 2.24) is 4.98 Å². The van der Waals surface area contributed by atoms with Crippen molar-refractivity contribution in [3.8, 4) is 6.07 Å². The first-order valence-electron chi connectivity index (χ1n) is 9.77. The summed E-state index contributed by atoms with van der Waals surface area (Å²) in [6.07, 6.45) is 6.44. The van der Waals surface area contributed by atoms with Crippen molar-refractivity contribution in [3.05, 3.63) is 58.5 Å². The molecule has 0 saturated carbocycles. The summed E-state index contributed by atoms with van der Waals surface area (Å²) in [6, 6.07) is 10.8. The van der Waals surface area contributed by atoms with Crippen LogP contribution in [0, 0.1) is 17.1 Å². The second-order valence-corrected chi connectivity index (χ2v) is 7.41. The van der Waals surface area contributed by atoms with Gasteiger partial charge in [0.1, 0.15) is 17.7 Å². The lowest BCUT2D eigenvalue weighted by atomic mass is 9.94. The zero-order valence-corrected chi connectivity index (χ0v) is 15.5. The van der Waals surface area contributed by atoms with Gasteiger partial charge in [-0.25, -0.2) is 9.37 Å². The largest absolute Gasteiger partial charge is 0.373 e. The van der Waals surface area contributed by atoms with Crippen molar-refractivity contribution in [2.75, 3.05) is 18.0 Å². The Hall–Kier alpha value is -2.45. The Bertz CT molecular complexity index is 836. The number of piperidine rings is 1. The molecule has 1 fully saturated rings. The molecule has 0 spiro atoms. The van der Waals surface area contributed by atoms with Gasteiger partial charge in [0.25, 0.3) is 0 Å². The Morgan fingerprint density at radius 3 is 2.63 bits per heavy atom. The van der Waals surface area contributed by atoms with E-state index in [1.54, 1.807) is 12.1 Å². The number of aromatic nitrogens is 1.